The van der Waals surface area contributed by atoms with Crippen molar-refractivity contribution in [2.45, 2.75) is 19.9 Å². The van der Waals surface area contributed by atoms with Gasteiger partial charge in [-0.1, -0.05) is 35.9 Å². The summed E-state index contributed by atoms with van der Waals surface area (Å²) >= 11 is 6.05. The predicted molar refractivity (Wildman–Crippen MR) is 93.9 cm³/mol. The molecule has 0 saturated heterocycles. The number of hydrogen-bond acceptors (Lipinski definition) is 5. The third-order valence-corrected chi connectivity index (χ3v) is 4.13. The lowest BCUT2D eigenvalue weighted by atomic mass is 10.2. The molecule has 0 radical (unpaired) electrons. The minimum Gasteiger partial charge on any atom is -0.545 e. The number of aromatic carboxylic acids is 1. The second kappa shape index (κ2) is 6.57. The van der Waals surface area contributed by atoms with Gasteiger partial charge in [0.05, 0.1) is 16.5 Å². The summed E-state index contributed by atoms with van der Waals surface area (Å²) in [5.41, 5.74) is 1.27. The Balaban J connectivity index is 2.13. The van der Waals surface area contributed by atoms with Crippen LogP contribution in [0.15, 0.2) is 52.7 Å². The van der Waals surface area contributed by atoms with Crippen molar-refractivity contribution >= 4 is 39.8 Å². The van der Waals surface area contributed by atoms with Gasteiger partial charge in [-0.2, -0.15) is 0 Å². The largest absolute Gasteiger partial charge is 0.545 e. The van der Waals surface area contributed by atoms with Crippen molar-refractivity contribution in [3.63, 3.8) is 0 Å². The maximum atomic E-state index is 11.0. The molecule has 2 aromatic carbocycles. The van der Waals surface area contributed by atoms with Crippen LogP contribution in [0.4, 0.5) is 11.4 Å². The molecule has 0 unspecified atom stereocenters. The number of carbonyl (C=O) groups excluding carboxylic acids is 1. The molecular weight excluding hydrogens is 342 g/mol. The van der Waals surface area contributed by atoms with Crippen molar-refractivity contribution < 1.29 is 15.0 Å². The molecule has 7 heteroatoms. The van der Waals surface area contributed by atoms with E-state index in [2.05, 4.69) is 10.2 Å². The number of benzene rings is 2. The van der Waals surface area contributed by atoms with Gasteiger partial charge in [0.25, 0.3) is 0 Å². The number of carbonyl (C=O) groups is 1. The van der Waals surface area contributed by atoms with Gasteiger partial charge in [-0.3, -0.25) is 0 Å². The zero-order valence-corrected chi connectivity index (χ0v) is 14.4. The molecule has 128 valence electrons. The lowest BCUT2D eigenvalue weighted by Crippen LogP contribution is -2.21. The summed E-state index contributed by atoms with van der Waals surface area (Å²) in [7, 11) is 0. The van der Waals surface area contributed by atoms with Crippen LogP contribution < -0.4 is 5.11 Å². The maximum Gasteiger partial charge on any atom is 0.221 e. The minimum atomic E-state index is -1.33. The van der Waals surface area contributed by atoms with Gasteiger partial charge in [0.2, 0.25) is 5.88 Å². The Kier molecular flexibility index (Phi) is 4.46. The van der Waals surface area contributed by atoms with Crippen LogP contribution in [0, 0.1) is 0 Å². The molecule has 0 aliphatic carbocycles. The fourth-order valence-electron chi connectivity index (χ4n) is 2.67. The van der Waals surface area contributed by atoms with Gasteiger partial charge in [-0.25, -0.2) is 0 Å². The van der Waals surface area contributed by atoms with E-state index >= 15 is 0 Å². The number of nitrogens with zero attached hydrogens (tertiary/aromatic N) is 3. The average molecular weight is 357 g/mol. The Hall–Kier alpha value is -2.86. The SMILES string of the molecule is CC(C)n1c(O)c(N=Nc2cc(C(=O)[O-])ccc2Cl)c2ccccc21. The second-order valence-electron chi connectivity index (χ2n) is 5.81. The van der Waals surface area contributed by atoms with E-state index in [9.17, 15) is 15.0 Å². The number of rotatable bonds is 4. The van der Waals surface area contributed by atoms with Gasteiger partial charge in [0.15, 0.2) is 5.69 Å². The number of hydrogen-bond donors (Lipinski definition) is 1. The van der Waals surface area contributed by atoms with Gasteiger partial charge in [-0.05, 0) is 37.6 Å². The summed E-state index contributed by atoms with van der Waals surface area (Å²) in [5.74, 6) is -1.33. The highest BCUT2D eigenvalue weighted by Crippen LogP contribution is 2.41. The molecule has 0 aliphatic heterocycles. The van der Waals surface area contributed by atoms with Crippen molar-refractivity contribution in [2.75, 3.05) is 0 Å². The Morgan fingerprint density at radius 2 is 1.92 bits per heavy atom. The Morgan fingerprint density at radius 1 is 1.20 bits per heavy atom. The summed E-state index contributed by atoms with van der Waals surface area (Å²) < 4.78 is 1.75. The zero-order chi connectivity index (χ0) is 18.1. The first-order valence-electron chi connectivity index (χ1n) is 7.64. The number of azo groups is 1. The number of para-hydroxylation sites is 1. The van der Waals surface area contributed by atoms with E-state index in [0.29, 0.717) is 5.69 Å². The van der Waals surface area contributed by atoms with E-state index in [1.165, 1.54) is 18.2 Å². The van der Waals surface area contributed by atoms with E-state index in [1.807, 2.05) is 38.1 Å². The summed E-state index contributed by atoms with van der Waals surface area (Å²) in [6.45, 7) is 3.90. The van der Waals surface area contributed by atoms with Gasteiger partial charge in [0, 0.05) is 11.4 Å². The van der Waals surface area contributed by atoms with Crippen LogP contribution in [0.3, 0.4) is 0 Å². The summed E-state index contributed by atoms with van der Waals surface area (Å²) in [5, 5.41) is 30.7. The van der Waals surface area contributed by atoms with E-state index in [-0.39, 0.29) is 28.2 Å². The lowest BCUT2D eigenvalue weighted by molar-refractivity contribution is -0.255. The normalized spacial score (nSPS) is 11.7. The highest BCUT2D eigenvalue weighted by molar-refractivity contribution is 6.33. The van der Waals surface area contributed by atoms with Crippen LogP contribution in [0.1, 0.15) is 30.2 Å². The molecular formula is C18H15ClN3O3-. The molecule has 0 spiro atoms. The molecule has 1 N–H and O–H groups in total. The summed E-state index contributed by atoms with van der Waals surface area (Å²) in [6, 6.07) is 11.5. The zero-order valence-electron chi connectivity index (χ0n) is 13.6. The van der Waals surface area contributed by atoms with Crippen LogP contribution in [0.2, 0.25) is 5.02 Å². The van der Waals surface area contributed by atoms with Crippen molar-refractivity contribution in [2.24, 2.45) is 10.2 Å². The van der Waals surface area contributed by atoms with Crippen molar-refractivity contribution in [1.29, 1.82) is 0 Å². The van der Waals surface area contributed by atoms with E-state index in [0.717, 1.165) is 10.9 Å². The smallest absolute Gasteiger partial charge is 0.221 e. The molecule has 1 aromatic heterocycles. The molecule has 0 atom stereocenters. The summed E-state index contributed by atoms with van der Waals surface area (Å²) in [4.78, 5) is 11.0. The number of halogens is 1. The predicted octanol–water partition coefficient (Wildman–Crippen LogP) is 4.36. The summed E-state index contributed by atoms with van der Waals surface area (Å²) in [6.07, 6.45) is 0. The maximum absolute atomic E-state index is 11.0. The van der Waals surface area contributed by atoms with Crippen molar-refractivity contribution in [1.82, 2.24) is 4.57 Å². The molecule has 0 aliphatic rings. The Bertz CT molecular complexity index is 993. The molecule has 0 bridgehead atoms. The number of carboxylic acid groups (broad SMARTS) is 1. The molecule has 3 rings (SSSR count). The lowest BCUT2D eigenvalue weighted by Gasteiger charge is -2.10. The molecule has 3 aromatic rings. The molecule has 0 saturated carbocycles. The van der Waals surface area contributed by atoms with E-state index < -0.39 is 5.97 Å². The number of aromatic hydroxyl groups is 1. The van der Waals surface area contributed by atoms with Crippen molar-refractivity contribution in [3.05, 3.63) is 53.1 Å². The quantitative estimate of drug-likeness (QED) is 0.704. The second-order valence-corrected chi connectivity index (χ2v) is 6.21. The van der Waals surface area contributed by atoms with Crippen LogP contribution in [0.5, 0.6) is 5.88 Å². The van der Waals surface area contributed by atoms with Gasteiger partial charge >= 0.3 is 0 Å². The fraction of sp³-hybridized carbons (Fsp3) is 0.167. The molecule has 0 amide bonds. The highest BCUT2D eigenvalue weighted by atomic mass is 35.5. The first-order valence-corrected chi connectivity index (χ1v) is 8.02. The van der Waals surface area contributed by atoms with Gasteiger partial charge in [0.1, 0.15) is 5.69 Å². The van der Waals surface area contributed by atoms with Crippen LogP contribution in [0.25, 0.3) is 10.9 Å². The monoisotopic (exact) mass is 356 g/mol. The number of fused-ring (bicyclic) bond motifs is 1. The van der Waals surface area contributed by atoms with Crippen molar-refractivity contribution in [3.8, 4) is 5.88 Å². The van der Waals surface area contributed by atoms with Gasteiger partial charge < -0.3 is 19.6 Å². The molecule has 1 heterocycles. The van der Waals surface area contributed by atoms with E-state index in [4.69, 9.17) is 11.6 Å². The van der Waals surface area contributed by atoms with Gasteiger partial charge in [-0.15, -0.1) is 10.2 Å². The van der Waals surface area contributed by atoms with Crippen LogP contribution in [-0.4, -0.2) is 15.6 Å². The third-order valence-electron chi connectivity index (χ3n) is 3.81. The molecule has 0 fully saturated rings. The Labute approximate surface area is 149 Å². The third kappa shape index (κ3) is 3.08. The van der Waals surface area contributed by atoms with E-state index in [1.54, 1.807) is 4.57 Å². The number of carboxylic acids is 1. The average Bonchev–Trinajstić information content (AvgIpc) is 2.85. The van der Waals surface area contributed by atoms with Crippen LogP contribution in [-0.2, 0) is 0 Å². The molecule has 6 nitrogen and oxygen atoms in total. The standard InChI is InChI=1S/C18H16ClN3O3/c1-10(2)22-15-6-4-3-5-12(15)16(17(22)23)21-20-14-9-11(18(24)25)7-8-13(14)19/h3-10,23H,1-2H3,(H,24,25)/p-1. The fourth-order valence-corrected chi connectivity index (χ4v) is 2.83. The Morgan fingerprint density at radius 3 is 2.60 bits per heavy atom. The first kappa shape index (κ1) is 17.0. The highest BCUT2D eigenvalue weighted by Gasteiger charge is 2.18. The van der Waals surface area contributed by atoms with Crippen LogP contribution >= 0.6 is 11.6 Å². The minimum absolute atomic E-state index is 0.00729. The molecule has 25 heavy (non-hydrogen) atoms. The number of aromatic nitrogens is 1. The topological polar surface area (TPSA) is 90.0 Å². The first-order chi connectivity index (χ1) is 11.9.